The van der Waals surface area contributed by atoms with Crippen molar-refractivity contribution in [2.75, 3.05) is 0 Å². The van der Waals surface area contributed by atoms with Crippen LogP contribution in [0.2, 0.25) is 0 Å². The van der Waals surface area contributed by atoms with Gasteiger partial charge in [-0.3, -0.25) is 0 Å². The van der Waals surface area contributed by atoms with Gasteiger partial charge in [0.2, 0.25) is 0 Å². The molecule has 0 bridgehead atoms. The number of aromatic hydroxyl groups is 1. The topological polar surface area (TPSA) is 52.5 Å². The van der Waals surface area contributed by atoms with Crippen LogP contribution in [-0.4, -0.2) is 10.3 Å². The minimum atomic E-state index is 0.229. The third kappa shape index (κ3) is 2.44. The molecule has 1 aromatic carbocycles. The first-order chi connectivity index (χ1) is 6.15. The van der Waals surface area contributed by atoms with Crippen LogP contribution in [0.1, 0.15) is 30.9 Å². The molecule has 0 spiro atoms. The first kappa shape index (κ1) is 10.0. The second-order valence-corrected chi connectivity index (χ2v) is 3.38. The van der Waals surface area contributed by atoms with Gasteiger partial charge in [-0.15, -0.1) is 0 Å². The third-order valence-corrected chi connectivity index (χ3v) is 2.05. The van der Waals surface area contributed by atoms with Crippen molar-refractivity contribution in [3.8, 4) is 5.75 Å². The fourth-order valence-corrected chi connectivity index (χ4v) is 1.17. The first-order valence-corrected chi connectivity index (χ1v) is 4.34. The Morgan fingerprint density at radius 1 is 1.38 bits per heavy atom. The molecule has 0 radical (unpaired) electrons. The molecule has 3 heteroatoms. The molecule has 0 aromatic heterocycles. The van der Waals surface area contributed by atoms with Crippen molar-refractivity contribution >= 4 is 0 Å². The lowest BCUT2D eigenvalue weighted by Crippen LogP contribution is -2.06. The van der Waals surface area contributed by atoms with Crippen molar-refractivity contribution in [2.45, 2.75) is 26.3 Å². The van der Waals surface area contributed by atoms with Crippen LogP contribution in [0.4, 0.5) is 0 Å². The van der Waals surface area contributed by atoms with Gasteiger partial charge >= 0.3 is 0 Å². The van der Waals surface area contributed by atoms with Gasteiger partial charge < -0.3 is 10.3 Å². The smallest absolute Gasteiger partial charge is 0.120 e. The Morgan fingerprint density at radius 3 is 2.54 bits per heavy atom. The molecule has 13 heavy (non-hydrogen) atoms. The molecule has 3 nitrogen and oxygen atoms in total. The molecule has 0 fully saturated rings. The lowest BCUT2D eigenvalue weighted by atomic mass is 10.0. The summed E-state index contributed by atoms with van der Waals surface area (Å²) in [5, 5.41) is 18.0. The van der Waals surface area contributed by atoms with Gasteiger partial charge in [0.05, 0.1) is 0 Å². The van der Waals surface area contributed by atoms with E-state index in [1.54, 1.807) is 6.07 Å². The largest absolute Gasteiger partial charge is 0.508 e. The summed E-state index contributed by atoms with van der Waals surface area (Å²) in [6, 6.07) is 5.50. The van der Waals surface area contributed by atoms with E-state index in [-0.39, 0.29) is 12.3 Å². The molecule has 0 atom stereocenters. The fraction of sp³-hybridized carbons (Fsp3) is 0.400. The molecule has 1 aromatic rings. The van der Waals surface area contributed by atoms with Gasteiger partial charge in [0.15, 0.2) is 0 Å². The Balaban J connectivity index is 2.92. The highest BCUT2D eigenvalue weighted by molar-refractivity contribution is 5.37. The van der Waals surface area contributed by atoms with Crippen LogP contribution < -0.4 is 5.48 Å². The van der Waals surface area contributed by atoms with E-state index in [2.05, 4.69) is 13.8 Å². The van der Waals surface area contributed by atoms with E-state index in [1.807, 2.05) is 17.6 Å². The summed E-state index contributed by atoms with van der Waals surface area (Å²) in [5.74, 6) is 0.634. The van der Waals surface area contributed by atoms with E-state index < -0.39 is 0 Å². The number of nitrogens with one attached hydrogen (secondary N) is 1. The second kappa shape index (κ2) is 4.25. The van der Waals surface area contributed by atoms with Crippen LogP contribution in [0.3, 0.4) is 0 Å². The van der Waals surface area contributed by atoms with Crippen molar-refractivity contribution in [2.24, 2.45) is 0 Å². The molecule has 0 amide bonds. The minimum absolute atomic E-state index is 0.229. The molecule has 0 saturated carbocycles. The third-order valence-electron chi connectivity index (χ3n) is 2.05. The standard InChI is InChI=1S/C10H15NO2/c1-7(2)8-3-4-9(6-11-13)10(12)5-8/h3-5,7,11-13H,6H2,1-2H3. The van der Waals surface area contributed by atoms with Gasteiger partial charge in [0, 0.05) is 12.1 Å². The summed E-state index contributed by atoms with van der Waals surface area (Å²) in [4.78, 5) is 0. The Kier molecular flexibility index (Phi) is 3.28. The summed E-state index contributed by atoms with van der Waals surface area (Å²) in [6.07, 6.45) is 0. The fourth-order valence-electron chi connectivity index (χ4n) is 1.17. The normalized spacial score (nSPS) is 10.8. The van der Waals surface area contributed by atoms with Crippen LogP contribution in [-0.2, 0) is 6.54 Å². The molecule has 3 N–H and O–H groups in total. The number of hydroxylamine groups is 1. The number of hydrogen-bond donors (Lipinski definition) is 3. The summed E-state index contributed by atoms with van der Waals surface area (Å²) in [6.45, 7) is 4.40. The molecule has 0 heterocycles. The van der Waals surface area contributed by atoms with Gasteiger partial charge in [-0.2, -0.15) is 0 Å². The molecule has 1 rings (SSSR count). The number of benzene rings is 1. The average Bonchev–Trinajstić information content (AvgIpc) is 2.08. The van der Waals surface area contributed by atoms with E-state index in [0.29, 0.717) is 11.5 Å². The molecular weight excluding hydrogens is 166 g/mol. The predicted molar refractivity (Wildman–Crippen MR) is 50.8 cm³/mol. The summed E-state index contributed by atoms with van der Waals surface area (Å²) in [5.41, 5.74) is 3.81. The lowest BCUT2D eigenvalue weighted by molar-refractivity contribution is 0.160. The van der Waals surface area contributed by atoms with E-state index in [1.165, 1.54) is 0 Å². The first-order valence-electron chi connectivity index (χ1n) is 4.34. The van der Waals surface area contributed by atoms with Crippen LogP contribution in [0.25, 0.3) is 0 Å². The van der Waals surface area contributed by atoms with E-state index in [9.17, 15) is 5.11 Å². The highest BCUT2D eigenvalue weighted by Crippen LogP contribution is 2.23. The van der Waals surface area contributed by atoms with Crippen LogP contribution in [0.5, 0.6) is 5.75 Å². The van der Waals surface area contributed by atoms with Gasteiger partial charge in [-0.25, -0.2) is 5.48 Å². The van der Waals surface area contributed by atoms with Crippen LogP contribution >= 0.6 is 0 Å². The Hall–Kier alpha value is -1.06. The number of phenols is 1. The molecule has 0 aliphatic heterocycles. The zero-order chi connectivity index (χ0) is 9.84. The monoisotopic (exact) mass is 181 g/mol. The lowest BCUT2D eigenvalue weighted by Gasteiger charge is -2.08. The Morgan fingerprint density at radius 2 is 2.08 bits per heavy atom. The summed E-state index contributed by atoms with van der Waals surface area (Å²) in [7, 11) is 0. The molecule has 0 aliphatic carbocycles. The maximum absolute atomic E-state index is 9.52. The maximum atomic E-state index is 9.52. The van der Waals surface area contributed by atoms with Crippen molar-refractivity contribution < 1.29 is 10.3 Å². The van der Waals surface area contributed by atoms with Crippen molar-refractivity contribution in [3.63, 3.8) is 0 Å². The summed E-state index contributed by atoms with van der Waals surface area (Å²) < 4.78 is 0. The zero-order valence-corrected chi connectivity index (χ0v) is 7.91. The number of hydrogen-bond acceptors (Lipinski definition) is 3. The highest BCUT2D eigenvalue weighted by Gasteiger charge is 2.04. The minimum Gasteiger partial charge on any atom is -0.508 e. The summed E-state index contributed by atoms with van der Waals surface area (Å²) >= 11 is 0. The van der Waals surface area contributed by atoms with Crippen LogP contribution in [0, 0.1) is 0 Å². The molecule has 0 aliphatic rings. The molecule has 0 unspecified atom stereocenters. The Labute approximate surface area is 78.0 Å². The van der Waals surface area contributed by atoms with Crippen molar-refractivity contribution in [1.82, 2.24) is 5.48 Å². The zero-order valence-electron chi connectivity index (χ0n) is 7.91. The number of rotatable bonds is 3. The highest BCUT2D eigenvalue weighted by atomic mass is 16.5. The second-order valence-electron chi connectivity index (χ2n) is 3.38. The quantitative estimate of drug-likeness (QED) is 0.625. The molecular formula is C10H15NO2. The average molecular weight is 181 g/mol. The van der Waals surface area contributed by atoms with Gasteiger partial charge in [0.1, 0.15) is 5.75 Å². The van der Waals surface area contributed by atoms with E-state index >= 15 is 0 Å². The predicted octanol–water partition coefficient (Wildman–Crippen LogP) is 1.99. The molecule has 72 valence electrons. The van der Waals surface area contributed by atoms with Crippen molar-refractivity contribution in [1.29, 1.82) is 0 Å². The van der Waals surface area contributed by atoms with E-state index in [4.69, 9.17) is 5.21 Å². The van der Waals surface area contributed by atoms with Crippen molar-refractivity contribution in [3.05, 3.63) is 29.3 Å². The maximum Gasteiger partial charge on any atom is 0.120 e. The van der Waals surface area contributed by atoms with Gasteiger partial charge in [-0.1, -0.05) is 26.0 Å². The molecule has 0 saturated heterocycles. The van der Waals surface area contributed by atoms with E-state index in [0.717, 1.165) is 5.56 Å². The SMILES string of the molecule is CC(C)c1ccc(CNO)c(O)c1. The Bertz CT molecular complexity index is 284. The van der Waals surface area contributed by atoms with Gasteiger partial charge in [-0.05, 0) is 17.5 Å². The number of phenolic OH excluding ortho intramolecular Hbond substituents is 1. The van der Waals surface area contributed by atoms with Crippen LogP contribution in [0.15, 0.2) is 18.2 Å². The van der Waals surface area contributed by atoms with Gasteiger partial charge in [0.25, 0.3) is 0 Å².